The van der Waals surface area contributed by atoms with E-state index in [-0.39, 0.29) is 0 Å². The van der Waals surface area contributed by atoms with Crippen molar-refractivity contribution in [1.29, 1.82) is 0 Å². The van der Waals surface area contributed by atoms with Crippen LogP contribution in [0.3, 0.4) is 0 Å². The van der Waals surface area contributed by atoms with E-state index in [1.54, 1.807) is 13.8 Å². The van der Waals surface area contributed by atoms with Crippen molar-refractivity contribution in [3.63, 3.8) is 0 Å². The highest BCUT2D eigenvalue weighted by molar-refractivity contribution is 5.66. The molecule has 76 valence electrons. The summed E-state index contributed by atoms with van der Waals surface area (Å²) in [6.07, 6.45) is -1.67. The Morgan fingerprint density at radius 2 is 2.38 bits per heavy atom. The van der Waals surface area contributed by atoms with Gasteiger partial charge in [-0.15, -0.1) is 0 Å². The van der Waals surface area contributed by atoms with Crippen molar-refractivity contribution in [2.24, 2.45) is 5.73 Å². The van der Waals surface area contributed by atoms with Gasteiger partial charge < -0.3 is 15.2 Å². The Morgan fingerprint density at radius 3 is 2.46 bits per heavy atom. The number of hydroxylamine groups is 1. The second-order valence-corrected chi connectivity index (χ2v) is 1.94. The average Bonchev–Trinajstić information content (AvgIpc) is 2.35. The van der Waals surface area contributed by atoms with Gasteiger partial charge in [0.1, 0.15) is 0 Å². The van der Waals surface area contributed by atoms with E-state index in [2.05, 4.69) is 20.0 Å². The fourth-order valence-corrected chi connectivity index (χ4v) is 0.472. The normalized spacial score (nSPS) is 19.2. The molecule has 0 bridgehead atoms. The highest BCUT2D eigenvalue weighted by atomic mass is 16.9. The number of ether oxygens (including phenoxy) is 2. The zero-order chi connectivity index (χ0) is 10.3. The topological polar surface area (TPSA) is 99.9 Å². The molecular weight excluding hydrogens is 180 g/mol. The summed E-state index contributed by atoms with van der Waals surface area (Å²) in [5.74, 6) is 0. The second kappa shape index (κ2) is 6.06. The number of hydrogen-bond acceptors (Lipinski definition) is 5. The van der Waals surface area contributed by atoms with Gasteiger partial charge in [0.05, 0.1) is 6.61 Å². The standard InChI is InChI=1S/C3H5NO3.C3H7NO2/c1-2-6-3(5)4-7-2;1-2-6-3(4)5/h2H,1H3,(H,4,5);2H2,1H3,(H2,4,5). The summed E-state index contributed by atoms with van der Waals surface area (Å²) in [5.41, 5.74) is 6.55. The van der Waals surface area contributed by atoms with Gasteiger partial charge in [0.2, 0.25) is 6.29 Å². The first kappa shape index (κ1) is 11.5. The number of hydrogen-bond donors (Lipinski definition) is 2. The fraction of sp³-hybridized carbons (Fsp3) is 0.667. The Bertz CT molecular complexity index is 184. The number of cyclic esters (lactones) is 1. The lowest BCUT2D eigenvalue weighted by Gasteiger charge is -1.91. The molecular formula is C6H12N2O5. The number of carbonyl (C=O) groups is 2. The van der Waals surface area contributed by atoms with Crippen molar-refractivity contribution in [2.45, 2.75) is 20.1 Å². The van der Waals surface area contributed by atoms with Crippen LogP contribution < -0.4 is 11.2 Å². The zero-order valence-electron chi connectivity index (χ0n) is 7.40. The lowest BCUT2D eigenvalue weighted by Crippen LogP contribution is -2.11. The van der Waals surface area contributed by atoms with Crippen LogP contribution in [0.2, 0.25) is 0 Å². The van der Waals surface area contributed by atoms with Gasteiger partial charge in [0.25, 0.3) is 0 Å². The highest BCUT2D eigenvalue weighted by Gasteiger charge is 2.17. The van der Waals surface area contributed by atoms with E-state index < -0.39 is 18.5 Å². The largest absolute Gasteiger partial charge is 0.450 e. The van der Waals surface area contributed by atoms with Gasteiger partial charge in [0.15, 0.2) is 0 Å². The monoisotopic (exact) mass is 192 g/mol. The summed E-state index contributed by atoms with van der Waals surface area (Å²) in [6, 6.07) is 0. The molecule has 1 rings (SSSR count). The number of nitrogens with one attached hydrogen (secondary N) is 1. The van der Waals surface area contributed by atoms with E-state index in [9.17, 15) is 9.59 Å². The van der Waals surface area contributed by atoms with Crippen molar-refractivity contribution < 1.29 is 23.9 Å². The van der Waals surface area contributed by atoms with E-state index in [0.717, 1.165) is 0 Å². The molecule has 3 N–H and O–H groups in total. The van der Waals surface area contributed by atoms with Gasteiger partial charge >= 0.3 is 12.2 Å². The summed E-state index contributed by atoms with van der Waals surface area (Å²) >= 11 is 0. The van der Waals surface area contributed by atoms with E-state index in [4.69, 9.17) is 0 Å². The fourth-order valence-electron chi connectivity index (χ4n) is 0.472. The quantitative estimate of drug-likeness (QED) is 0.613. The molecule has 2 amide bonds. The third-order valence-corrected chi connectivity index (χ3v) is 0.868. The van der Waals surface area contributed by atoms with Gasteiger partial charge in [-0.3, -0.25) is 0 Å². The molecule has 7 heteroatoms. The summed E-state index contributed by atoms with van der Waals surface area (Å²) < 4.78 is 8.57. The predicted molar refractivity (Wildman–Crippen MR) is 41.4 cm³/mol. The van der Waals surface area contributed by atoms with Gasteiger partial charge in [-0.25, -0.2) is 14.4 Å². The van der Waals surface area contributed by atoms with Gasteiger partial charge in [0, 0.05) is 6.92 Å². The molecule has 0 radical (unpaired) electrons. The van der Waals surface area contributed by atoms with Crippen LogP contribution in [0, 0.1) is 0 Å². The molecule has 13 heavy (non-hydrogen) atoms. The lowest BCUT2D eigenvalue weighted by atomic mass is 10.8. The molecule has 1 aliphatic rings. The third-order valence-electron chi connectivity index (χ3n) is 0.868. The molecule has 0 aliphatic carbocycles. The van der Waals surface area contributed by atoms with E-state index in [1.165, 1.54) is 0 Å². The van der Waals surface area contributed by atoms with E-state index >= 15 is 0 Å². The van der Waals surface area contributed by atoms with Gasteiger partial charge in [-0.1, -0.05) is 0 Å². The molecule has 1 heterocycles. The van der Waals surface area contributed by atoms with Crippen LogP contribution in [0.5, 0.6) is 0 Å². The summed E-state index contributed by atoms with van der Waals surface area (Å²) in [5, 5.41) is 0. The second-order valence-electron chi connectivity index (χ2n) is 1.94. The SMILES string of the molecule is CC1ONC(=O)O1.CCOC(N)=O. The molecule has 0 spiro atoms. The number of rotatable bonds is 1. The minimum absolute atomic E-state index is 0.356. The summed E-state index contributed by atoms with van der Waals surface area (Å²) in [7, 11) is 0. The smallest absolute Gasteiger partial charge is 0.433 e. The van der Waals surface area contributed by atoms with Crippen LogP contribution >= 0.6 is 0 Å². The van der Waals surface area contributed by atoms with Crippen LogP contribution in [-0.2, 0) is 14.3 Å². The first-order valence-corrected chi connectivity index (χ1v) is 3.60. The Kier molecular flexibility index (Phi) is 5.37. The minimum atomic E-state index is -0.711. The van der Waals surface area contributed by atoms with Crippen LogP contribution in [0.15, 0.2) is 0 Å². The zero-order valence-corrected chi connectivity index (χ0v) is 7.40. The maximum Gasteiger partial charge on any atom is 0.433 e. The first-order valence-electron chi connectivity index (χ1n) is 3.60. The maximum atomic E-state index is 10.00. The van der Waals surface area contributed by atoms with Crippen LogP contribution in [0.4, 0.5) is 9.59 Å². The molecule has 7 nitrogen and oxygen atoms in total. The van der Waals surface area contributed by atoms with Crippen LogP contribution in [-0.4, -0.2) is 25.1 Å². The highest BCUT2D eigenvalue weighted by Crippen LogP contribution is 1.97. The van der Waals surface area contributed by atoms with Gasteiger partial charge in [-0.05, 0) is 6.92 Å². The molecule has 0 aromatic rings. The van der Waals surface area contributed by atoms with Gasteiger partial charge in [-0.2, -0.15) is 5.48 Å². The van der Waals surface area contributed by atoms with Crippen molar-refractivity contribution in [2.75, 3.05) is 6.61 Å². The Balaban J connectivity index is 0.000000226. The number of amides is 2. The molecule has 1 saturated heterocycles. The van der Waals surface area contributed by atoms with Crippen LogP contribution in [0.25, 0.3) is 0 Å². The lowest BCUT2D eigenvalue weighted by molar-refractivity contribution is -0.0430. The predicted octanol–water partition coefficient (Wildman–Crippen LogP) is 0.105. The average molecular weight is 192 g/mol. The van der Waals surface area contributed by atoms with Crippen molar-refractivity contribution in [3.05, 3.63) is 0 Å². The van der Waals surface area contributed by atoms with Crippen molar-refractivity contribution in [3.8, 4) is 0 Å². The summed E-state index contributed by atoms with van der Waals surface area (Å²) in [6.45, 7) is 3.68. The molecule has 1 fully saturated rings. The molecule has 1 aliphatic heterocycles. The number of nitrogens with two attached hydrogens (primary N) is 1. The number of primary amides is 1. The summed E-state index contributed by atoms with van der Waals surface area (Å²) in [4.78, 5) is 24.0. The Morgan fingerprint density at radius 1 is 1.77 bits per heavy atom. The maximum absolute atomic E-state index is 10.00. The first-order chi connectivity index (χ1) is 6.06. The molecule has 1 unspecified atom stereocenters. The van der Waals surface area contributed by atoms with Crippen molar-refractivity contribution in [1.82, 2.24) is 5.48 Å². The molecule has 1 atom stereocenters. The Labute approximate surface area is 75.1 Å². The minimum Gasteiger partial charge on any atom is -0.450 e. The van der Waals surface area contributed by atoms with Crippen molar-refractivity contribution >= 4 is 12.2 Å². The molecule has 0 aromatic heterocycles. The molecule has 0 aromatic carbocycles. The van der Waals surface area contributed by atoms with E-state index in [1.807, 2.05) is 5.48 Å². The third kappa shape index (κ3) is 6.88. The van der Waals surface area contributed by atoms with E-state index in [0.29, 0.717) is 6.61 Å². The van der Waals surface area contributed by atoms with Crippen LogP contribution in [0.1, 0.15) is 13.8 Å². The number of carbonyl (C=O) groups excluding carboxylic acids is 2. The molecule has 0 saturated carbocycles. The Hall–Kier alpha value is -1.50.